The highest BCUT2D eigenvalue weighted by Crippen LogP contribution is 2.29. The average molecular weight is 462 g/mol. The minimum Gasteiger partial charge on any atom is -0.497 e. The van der Waals surface area contributed by atoms with Gasteiger partial charge in [0.25, 0.3) is 0 Å². The standard InChI is InChI=1S/C24H23N5O3S/c1-16-7-12-21(32-3)20(14-16)26-22(30)15-33-24-28-27-23(19-6-4-5-13-25-19)29(24)17-8-10-18(31-2)11-9-17/h4-14H,15H2,1-3H3,(H,26,30). The molecule has 33 heavy (non-hydrogen) atoms. The Morgan fingerprint density at radius 2 is 1.85 bits per heavy atom. The molecule has 0 saturated carbocycles. The minimum absolute atomic E-state index is 0.146. The lowest BCUT2D eigenvalue weighted by Crippen LogP contribution is -2.15. The van der Waals surface area contributed by atoms with Crippen molar-refractivity contribution in [3.8, 4) is 28.7 Å². The Labute approximate surface area is 196 Å². The van der Waals surface area contributed by atoms with E-state index in [2.05, 4.69) is 20.5 Å². The normalized spacial score (nSPS) is 10.6. The third-order valence-corrected chi connectivity index (χ3v) is 5.75. The molecule has 0 spiro atoms. The number of pyridine rings is 1. The first-order valence-electron chi connectivity index (χ1n) is 10.2. The SMILES string of the molecule is COc1ccc(-n2c(SCC(=O)Nc3cc(C)ccc3OC)nnc2-c2ccccn2)cc1. The first-order valence-corrected chi connectivity index (χ1v) is 11.2. The van der Waals surface area contributed by atoms with E-state index in [0.717, 1.165) is 17.0 Å². The molecule has 168 valence electrons. The highest BCUT2D eigenvalue weighted by molar-refractivity contribution is 7.99. The summed E-state index contributed by atoms with van der Waals surface area (Å²) >= 11 is 1.29. The molecule has 1 amide bonds. The monoisotopic (exact) mass is 461 g/mol. The van der Waals surface area contributed by atoms with Crippen LogP contribution in [0.4, 0.5) is 5.69 Å². The third kappa shape index (κ3) is 5.15. The Balaban J connectivity index is 1.59. The van der Waals surface area contributed by atoms with E-state index in [0.29, 0.717) is 28.1 Å². The van der Waals surface area contributed by atoms with Gasteiger partial charge in [-0.15, -0.1) is 10.2 Å². The van der Waals surface area contributed by atoms with Crippen LogP contribution >= 0.6 is 11.8 Å². The molecule has 0 aliphatic rings. The van der Waals surface area contributed by atoms with Crippen molar-refractivity contribution in [2.75, 3.05) is 25.3 Å². The smallest absolute Gasteiger partial charge is 0.234 e. The number of nitrogens with one attached hydrogen (secondary N) is 1. The van der Waals surface area contributed by atoms with Gasteiger partial charge in [0.2, 0.25) is 5.91 Å². The third-order valence-electron chi connectivity index (χ3n) is 4.82. The molecule has 4 rings (SSSR count). The molecule has 2 aromatic heterocycles. The second kappa shape index (κ2) is 10.2. The number of thioether (sulfide) groups is 1. The molecule has 0 bridgehead atoms. The second-order valence-electron chi connectivity index (χ2n) is 7.10. The quantitative estimate of drug-likeness (QED) is 0.389. The predicted octanol–water partition coefficient (Wildman–Crippen LogP) is 4.39. The summed E-state index contributed by atoms with van der Waals surface area (Å²) in [5.41, 5.74) is 3.18. The summed E-state index contributed by atoms with van der Waals surface area (Å²) in [6.07, 6.45) is 1.71. The number of amides is 1. The zero-order valence-electron chi connectivity index (χ0n) is 18.5. The number of ether oxygens (including phenoxy) is 2. The van der Waals surface area contributed by atoms with Crippen LogP contribution in [0.25, 0.3) is 17.2 Å². The highest BCUT2D eigenvalue weighted by Gasteiger charge is 2.18. The van der Waals surface area contributed by atoms with Gasteiger partial charge in [0.1, 0.15) is 17.2 Å². The lowest BCUT2D eigenvalue weighted by molar-refractivity contribution is -0.113. The number of benzene rings is 2. The number of methoxy groups -OCH3 is 2. The molecule has 0 radical (unpaired) electrons. The van der Waals surface area contributed by atoms with Crippen LogP contribution in [0.2, 0.25) is 0 Å². The van der Waals surface area contributed by atoms with Gasteiger partial charge in [-0.25, -0.2) is 0 Å². The summed E-state index contributed by atoms with van der Waals surface area (Å²) in [5, 5.41) is 12.2. The maximum Gasteiger partial charge on any atom is 0.234 e. The van der Waals surface area contributed by atoms with Gasteiger partial charge in [-0.2, -0.15) is 0 Å². The first kappa shape index (κ1) is 22.3. The number of aromatic nitrogens is 4. The number of anilines is 1. The molecule has 2 heterocycles. The van der Waals surface area contributed by atoms with Gasteiger partial charge >= 0.3 is 0 Å². The van der Waals surface area contributed by atoms with E-state index in [1.807, 2.05) is 72.2 Å². The van der Waals surface area contributed by atoms with Crippen molar-refractivity contribution >= 4 is 23.4 Å². The Bertz CT molecular complexity index is 1240. The van der Waals surface area contributed by atoms with E-state index in [1.165, 1.54) is 11.8 Å². The molecule has 2 aromatic carbocycles. The Morgan fingerprint density at radius 3 is 2.55 bits per heavy atom. The topological polar surface area (TPSA) is 91.2 Å². The molecule has 4 aromatic rings. The predicted molar refractivity (Wildman–Crippen MR) is 128 cm³/mol. The van der Waals surface area contributed by atoms with Crippen LogP contribution in [0.15, 0.2) is 72.0 Å². The van der Waals surface area contributed by atoms with Crippen LogP contribution in [-0.4, -0.2) is 45.6 Å². The zero-order valence-corrected chi connectivity index (χ0v) is 19.3. The molecule has 0 aliphatic heterocycles. The fraction of sp³-hybridized carbons (Fsp3) is 0.167. The van der Waals surface area contributed by atoms with Crippen LogP contribution in [0.5, 0.6) is 11.5 Å². The Hall–Kier alpha value is -3.85. The number of hydrogen-bond acceptors (Lipinski definition) is 7. The highest BCUT2D eigenvalue weighted by atomic mass is 32.2. The van der Waals surface area contributed by atoms with Crippen molar-refractivity contribution in [3.05, 3.63) is 72.4 Å². The molecule has 0 saturated heterocycles. The number of rotatable bonds is 8. The summed E-state index contributed by atoms with van der Waals surface area (Å²) in [6, 6.07) is 18.8. The summed E-state index contributed by atoms with van der Waals surface area (Å²) < 4.78 is 12.5. The van der Waals surface area contributed by atoms with Crippen molar-refractivity contribution in [2.24, 2.45) is 0 Å². The van der Waals surface area contributed by atoms with Crippen LogP contribution < -0.4 is 14.8 Å². The molecule has 0 aliphatic carbocycles. The Morgan fingerprint density at radius 1 is 1.03 bits per heavy atom. The van der Waals surface area contributed by atoms with Gasteiger partial charge in [0, 0.05) is 6.20 Å². The van der Waals surface area contributed by atoms with Gasteiger partial charge in [-0.1, -0.05) is 23.9 Å². The maximum absolute atomic E-state index is 12.7. The second-order valence-corrected chi connectivity index (χ2v) is 8.04. The van der Waals surface area contributed by atoms with Crippen LogP contribution in [-0.2, 0) is 4.79 Å². The summed E-state index contributed by atoms with van der Waals surface area (Å²) in [7, 11) is 3.20. The van der Waals surface area contributed by atoms with E-state index in [-0.39, 0.29) is 11.7 Å². The van der Waals surface area contributed by atoms with Crippen molar-refractivity contribution in [2.45, 2.75) is 12.1 Å². The van der Waals surface area contributed by atoms with Gasteiger partial charge in [-0.3, -0.25) is 14.3 Å². The number of carbonyl (C=O) groups excluding carboxylic acids is 1. The van der Waals surface area contributed by atoms with Gasteiger partial charge in [-0.05, 0) is 61.0 Å². The van der Waals surface area contributed by atoms with Gasteiger partial charge in [0.15, 0.2) is 11.0 Å². The number of nitrogens with zero attached hydrogens (tertiary/aromatic N) is 4. The lowest BCUT2D eigenvalue weighted by atomic mass is 10.2. The van der Waals surface area contributed by atoms with E-state index in [9.17, 15) is 4.79 Å². The molecule has 0 unspecified atom stereocenters. The van der Waals surface area contributed by atoms with Gasteiger partial charge < -0.3 is 14.8 Å². The first-order chi connectivity index (χ1) is 16.1. The van der Waals surface area contributed by atoms with Crippen LogP contribution in [0.3, 0.4) is 0 Å². The van der Waals surface area contributed by atoms with E-state index >= 15 is 0 Å². The number of aryl methyl sites for hydroxylation is 1. The van der Waals surface area contributed by atoms with E-state index in [1.54, 1.807) is 20.4 Å². The van der Waals surface area contributed by atoms with Gasteiger partial charge in [0.05, 0.1) is 31.3 Å². The number of hydrogen-bond donors (Lipinski definition) is 1. The van der Waals surface area contributed by atoms with Crippen molar-refractivity contribution in [1.82, 2.24) is 19.7 Å². The molecule has 8 nitrogen and oxygen atoms in total. The van der Waals surface area contributed by atoms with Crippen molar-refractivity contribution in [3.63, 3.8) is 0 Å². The minimum atomic E-state index is -0.174. The molecule has 0 fully saturated rings. The van der Waals surface area contributed by atoms with Crippen molar-refractivity contribution in [1.29, 1.82) is 0 Å². The van der Waals surface area contributed by atoms with E-state index < -0.39 is 0 Å². The number of carbonyl (C=O) groups is 1. The summed E-state index contributed by atoms with van der Waals surface area (Å²) in [4.78, 5) is 17.1. The zero-order chi connectivity index (χ0) is 23.2. The fourth-order valence-corrected chi connectivity index (χ4v) is 3.98. The summed E-state index contributed by atoms with van der Waals surface area (Å²) in [5.74, 6) is 1.91. The fourth-order valence-electron chi connectivity index (χ4n) is 3.22. The Kier molecular flexibility index (Phi) is 6.89. The molecular formula is C24H23N5O3S. The van der Waals surface area contributed by atoms with Crippen LogP contribution in [0.1, 0.15) is 5.56 Å². The molecule has 9 heteroatoms. The van der Waals surface area contributed by atoms with Crippen LogP contribution in [0, 0.1) is 6.92 Å². The molecular weight excluding hydrogens is 438 g/mol. The largest absolute Gasteiger partial charge is 0.497 e. The molecule has 0 atom stereocenters. The summed E-state index contributed by atoms with van der Waals surface area (Å²) in [6.45, 7) is 1.96. The maximum atomic E-state index is 12.7. The van der Waals surface area contributed by atoms with Crippen molar-refractivity contribution < 1.29 is 14.3 Å². The van der Waals surface area contributed by atoms with E-state index in [4.69, 9.17) is 9.47 Å². The average Bonchev–Trinajstić information content (AvgIpc) is 3.27. The molecule has 1 N–H and O–H groups in total. The lowest BCUT2D eigenvalue weighted by Gasteiger charge is -2.12.